The lowest BCUT2D eigenvalue weighted by Crippen LogP contribution is -2.55. The largest absolute Gasteiger partial charge is 0.453 e. The summed E-state index contributed by atoms with van der Waals surface area (Å²) in [6.45, 7) is 5.32. The van der Waals surface area contributed by atoms with E-state index in [1.807, 2.05) is 91.0 Å². The molecule has 0 N–H and O–H groups in total. The number of hydrogen-bond acceptors (Lipinski definition) is 7. The molecule has 1 aromatic heterocycles. The number of rotatable bonds is 6. The van der Waals surface area contributed by atoms with Crippen molar-refractivity contribution < 1.29 is 28.6 Å². The fraction of sp³-hybridized carbons (Fsp3) is 0.273. The first-order chi connectivity index (χ1) is 20.2. The number of carbonyl (C=O) groups excluding carboxylic acids is 3. The van der Waals surface area contributed by atoms with Crippen LogP contribution in [0.25, 0.3) is 0 Å². The van der Waals surface area contributed by atoms with Crippen LogP contribution in [-0.2, 0) is 32.0 Å². The van der Waals surface area contributed by atoms with Gasteiger partial charge in [-0.05, 0) is 43.5 Å². The van der Waals surface area contributed by atoms with Crippen LogP contribution < -0.4 is 0 Å². The van der Waals surface area contributed by atoms with E-state index in [1.165, 1.54) is 11.1 Å². The maximum Gasteiger partial charge on any atom is 0.435 e. The third kappa shape index (κ3) is 6.68. The number of benzene rings is 3. The SMILES string of the molecule is CC(C)(C)OC(=O)n1ccc(C[C@H]2C(=O)O[C@H](c3ccccc3)[C@H](c3ccccc3)N2C(=O)OCc2ccccc2)n1. The van der Waals surface area contributed by atoms with Gasteiger partial charge in [-0.2, -0.15) is 9.78 Å². The topological polar surface area (TPSA) is 100.0 Å². The van der Waals surface area contributed by atoms with Gasteiger partial charge in [0.05, 0.1) is 5.69 Å². The molecule has 0 unspecified atom stereocenters. The molecule has 1 aliphatic rings. The van der Waals surface area contributed by atoms with E-state index in [9.17, 15) is 14.4 Å². The Labute approximate surface area is 244 Å². The molecule has 216 valence electrons. The summed E-state index contributed by atoms with van der Waals surface area (Å²) in [5, 5.41) is 4.34. The molecule has 2 heterocycles. The number of cyclic esters (lactones) is 1. The molecular weight excluding hydrogens is 534 g/mol. The van der Waals surface area contributed by atoms with Crippen LogP contribution in [-0.4, -0.2) is 44.5 Å². The van der Waals surface area contributed by atoms with Gasteiger partial charge in [0.1, 0.15) is 24.3 Å². The van der Waals surface area contributed by atoms with E-state index in [0.717, 1.165) is 21.4 Å². The Hall–Kier alpha value is -4.92. The van der Waals surface area contributed by atoms with Gasteiger partial charge in [0.15, 0.2) is 6.10 Å². The molecule has 9 heteroatoms. The molecule has 1 saturated heterocycles. The number of morpholine rings is 1. The molecule has 0 aliphatic carbocycles. The second-order valence-corrected chi connectivity index (χ2v) is 11.0. The zero-order valence-corrected chi connectivity index (χ0v) is 23.8. The minimum absolute atomic E-state index is 0.0000879. The maximum atomic E-state index is 13.9. The number of ether oxygens (including phenoxy) is 3. The Bertz CT molecular complexity index is 1520. The van der Waals surface area contributed by atoms with Crippen molar-refractivity contribution in [1.82, 2.24) is 14.7 Å². The van der Waals surface area contributed by atoms with Crippen molar-refractivity contribution in [2.75, 3.05) is 0 Å². The van der Waals surface area contributed by atoms with Crippen LogP contribution in [0.4, 0.5) is 9.59 Å². The quantitative estimate of drug-likeness (QED) is 0.200. The zero-order valence-electron chi connectivity index (χ0n) is 23.8. The third-order valence-corrected chi connectivity index (χ3v) is 6.75. The van der Waals surface area contributed by atoms with Gasteiger partial charge >= 0.3 is 18.2 Å². The lowest BCUT2D eigenvalue weighted by molar-refractivity contribution is -0.173. The Morgan fingerprint density at radius 3 is 2.05 bits per heavy atom. The normalized spacial score (nSPS) is 18.7. The van der Waals surface area contributed by atoms with Crippen LogP contribution in [0.5, 0.6) is 0 Å². The summed E-state index contributed by atoms with van der Waals surface area (Å²) in [6, 6.07) is 27.9. The van der Waals surface area contributed by atoms with Crippen molar-refractivity contribution in [1.29, 1.82) is 0 Å². The van der Waals surface area contributed by atoms with E-state index in [-0.39, 0.29) is 13.0 Å². The molecule has 0 saturated carbocycles. The van der Waals surface area contributed by atoms with Crippen molar-refractivity contribution in [3.63, 3.8) is 0 Å². The second-order valence-electron chi connectivity index (χ2n) is 11.0. The summed E-state index contributed by atoms with van der Waals surface area (Å²) in [7, 11) is 0. The van der Waals surface area contributed by atoms with Crippen LogP contribution in [0, 0.1) is 0 Å². The first-order valence-electron chi connectivity index (χ1n) is 13.8. The fourth-order valence-corrected chi connectivity index (χ4v) is 4.90. The Kier molecular flexibility index (Phi) is 8.38. The number of carbonyl (C=O) groups is 3. The molecule has 1 aliphatic heterocycles. The smallest absolute Gasteiger partial charge is 0.435 e. The van der Waals surface area contributed by atoms with Crippen LogP contribution in [0.1, 0.15) is 55.3 Å². The van der Waals surface area contributed by atoms with Crippen molar-refractivity contribution in [3.8, 4) is 0 Å². The summed E-state index contributed by atoms with van der Waals surface area (Å²) in [6.07, 6.45) is -0.620. The van der Waals surface area contributed by atoms with Gasteiger partial charge in [0.25, 0.3) is 0 Å². The van der Waals surface area contributed by atoms with Gasteiger partial charge in [0.2, 0.25) is 0 Å². The number of esters is 1. The van der Waals surface area contributed by atoms with Crippen molar-refractivity contribution >= 4 is 18.2 Å². The number of hydrogen-bond donors (Lipinski definition) is 0. The minimum atomic E-state index is -1.07. The van der Waals surface area contributed by atoms with Crippen molar-refractivity contribution in [3.05, 3.63) is 126 Å². The first kappa shape index (κ1) is 28.6. The number of nitrogens with zero attached hydrogens (tertiary/aromatic N) is 3. The highest BCUT2D eigenvalue weighted by atomic mass is 16.6. The van der Waals surface area contributed by atoms with Crippen LogP contribution in [0.3, 0.4) is 0 Å². The lowest BCUT2D eigenvalue weighted by Gasteiger charge is -2.44. The average molecular weight is 568 g/mol. The third-order valence-electron chi connectivity index (χ3n) is 6.75. The molecule has 0 radical (unpaired) electrons. The highest BCUT2D eigenvalue weighted by Gasteiger charge is 2.48. The molecule has 3 atom stereocenters. The summed E-state index contributed by atoms with van der Waals surface area (Å²) < 4.78 is 18.4. The van der Waals surface area contributed by atoms with Crippen LogP contribution in [0.15, 0.2) is 103 Å². The minimum Gasteiger partial charge on any atom is -0.453 e. The molecule has 9 nitrogen and oxygen atoms in total. The lowest BCUT2D eigenvalue weighted by atomic mass is 9.90. The van der Waals surface area contributed by atoms with E-state index in [2.05, 4.69) is 5.10 Å². The summed E-state index contributed by atoms with van der Waals surface area (Å²) >= 11 is 0. The average Bonchev–Trinajstić information content (AvgIpc) is 3.46. The number of amides is 1. The predicted molar refractivity (Wildman–Crippen MR) is 154 cm³/mol. The summed E-state index contributed by atoms with van der Waals surface area (Å²) in [5.74, 6) is -0.598. The first-order valence-corrected chi connectivity index (χ1v) is 13.8. The van der Waals surface area contributed by atoms with Gasteiger partial charge in [-0.25, -0.2) is 14.4 Å². The Morgan fingerprint density at radius 1 is 0.833 bits per heavy atom. The highest BCUT2D eigenvalue weighted by molar-refractivity contribution is 5.84. The van der Waals surface area contributed by atoms with E-state index in [0.29, 0.717) is 5.69 Å². The molecule has 1 amide bonds. The molecule has 0 bridgehead atoms. The molecule has 1 fully saturated rings. The number of aromatic nitrogens is 2. The predicted octanol–water partition coefficient (Wildman–Crippen LogP) is 6.26. The van der Waals surface area contributed by atoms with Gasteiger partial charge in [-0.1, -0.05) is 91.0 Å². The second kappa shape index (κ2) is 12.3. The standard InChI is InChI=1S/C33H33N3O6/c1-33(2,3)42-31(38)35-20-19-26(34-35)21-27-30(37)41-29(25-17-11-6-12-18-25)28(24-15-9-5-10-16-24)36(27)32(39)40-22-23-13-7-4-8-14-23/h4-20,27-29H,21-22H2,1-3H3/t27-,28-,29+/m0/s1. The molecule has 5 rings (SSSR count). The van der Waals surface area contributed by atoms with E-state index >= 15 is 0 Å². The van der Waals surface area contributed by atoms with Gasteiger partial charge in [0, 0.05) is 12.6 Å². The molecule has 0 spiro atoms. The van der Waals surface area contributed by atoms with Gasteiger partial charge in [-0.3, -0.25) is 4.90 Å². The van der Waals surface area contributed by atoms with E-state index in [4.69, 9.17) is 14.2 Å². The Balaban J connectivity index is 1.51. The van der Waals surface area contributed by atoms with Gasteiger partial charge in [-0.15, -0.1) is 0 Å². The fourth-order valence-electron chi connectivity index (χ4n) is 4.90. The highest BCUT2D eigenvalue weighted by Crippen LogP contribution is 2.43. The van der Waals surface area contributed by atoms with Crippen molar-refractivity contribution in [2.24, 2.45) is 0 Å². The maximum absolute atomic E-state index is 13.9. The molecule has 42 heavy (non-hydrogen) atoms. The van der Waals surface area contributed by atoms with Crippen molar-refractivity contribution in [2.45, 2.75) is 57.6 Å². The Morgan fingerprint density at radius 2 is 1.43 bits per heavy atom. The molecule has 4 aromatic rings. The monoisotopic (exact) mass is 567 g/mol. The van der Waals surface area contributed by atoms with Crippen LogP contribution >= 0.6 is 0 Å². The summed E-state index contributed by atoms with van der Waals surface area (Å²) in [5.41, 5.74) is 2.04. The summed E-state index contributed by atoms with van der Waals surface area (Å²) in [4.78, 5) is 41.6. The van der Waals surface area contributed by atoms with Gasteiger partial charge < -0.3 is 14.2 Å². The van der Waals surface area contributed by atoms with E-state index < -0.39 is 41.9 Å². The molecular formula is C33H33N3O6. The van der Waals surface area contributed by atoms with Crippen LogP contribution in [0.2, 0.25) is 0 Å². The zero-order chi connectivity index (χ0) is 29.7. The van der Waals surface area contributed by atoms with E-state index in [1.54, 1.807) is 26.8 Å². The molecule has 3 aromatic carbocycles.